The first kappa shape index (κ1) is 13.4. The molecule has 0 saturated heterocycles. The van der Waals surface area contributed by atoms with E-state index in [1.54, 1.807) is 0 Å². The Bertz CT molecular complexity index is 546. The van der Waals surface area contributed by atoms with E-state index in [4.69, 9.17) is 16.9 Å². The number of sulfonamides is 1. The largest absolute Gasteiger partial charge is 0.495 e. The molecule has 0 bridgehead atoms. The first-order chi connectivity index (χ1) is 7.93. The number of methoxy groups -OCH3 is 1. The molecule has 1 rings (SSSR count). The van der Waals surface area contributed by atoms with Crippen LogP contribution in [0.3, 0.4) is 0 Å². The summed E-state index contributed by atoms with van der Waals surface area (Å²) in [6.07, 6.45) is 5.08. The van der Waals surface area contributed by atoms with Gasteiger partial charge in [-0.2, -0.15) is 4.31 Å². The third-order valence-corrected chi connectivity index (χ3v) is 4.02. The quantitative estimate of drug-likeness (QED) is 0.628. The summed E-state index contributed by atoms with van der Waals surface area (Å²) in [5.41, 5.74) is 5.92. The van der Waals surface area contributed by atoms with E-state index in [0.717, 1.165) is 4.31 Å². The number of anilines is 1. The lowest BCUT2D eigenvalue weighted by Crippen LogP contribution is -2.27. The molecule has 1 aromatic carbocycles. The first-order valence-electron chi connectivity index (χ1n) is 4.76. The molecule has 0 aromatic heterocycles. The molecule has 0 radical (unpaired) electrons. The smallest absolute Gasteiger partial charge is 0.243 e. The van der Waals surface area contributed by atoms with Gasteiger partial charge in [0.15, 0.2) is 0 Å². The minimum absolute atomic E-state index is 0.00820. The standard InChI is InChI=1S/C11H14N2O3S/c1-4-7-13(2)17(14,15)9-5-6-11(16-3)10(12)8-9/h1,5-6,8H,7,12H2,2-3H3. The average molecular weight is 254 g/mol. The Labute approximate surface area is 101 Å². The molecule has 1 aromatic rings. The SMILES string of the molecule is C#CCN(C)S(=O)(=O)c1ccc(OC)c(N)c1. The number of hydrogen-bond donors (Lipinski definition) is 1. The van der Waals surface area contributed by atoms with Gasteiger partial charge in [-0.25, -0.2) is 8.42 Å². The highest BCUT2D eigenvalue weighted by Crippen LogP contribution is 2.25. The number of benzene rings is 1. The molecular weight excluding hydrogens is 240 g/mol. The number of terminal acetylenes is 1. The molecule has 0 aliphatic heterocycles. The van der Waals surface area contributed by atoms with Crippen molar-refractivity contribution in [2.45, 2.75) is 4.90 Å². The van der Waals surface area contributed by atoms with E-state index >= 15 is 0 Å². The Kier molecular flexibility index (Phi) is 3.99. The molecule has 0 saturated carbocycles. The zero-order chi connectivity index (χ0) is 13.1. The average Bonchev–Trinajstić information content (AvgIpc) is 2.29. The molecule has 0 spiro atoms. The van der Waals surface area contributed by atoms with E-state index in [9.17, 15) is 8.42 Å². The van der Waals surface area contributed by atoms with Crippen molar-refractivity contribution in [1.82, 2.24) is 4.31 Å². The molecule has 0 amide bonds. The number of nitrogens with zero attached hydrogens (tertiary/aromatic N) is 1. The number of hydrogen-bond acceptors (Lipinski definition) is 4. The zero-order valence-electron chi connectivity index (χ0n) is 9.67. The van der Waals surface area contributed by atoms with Gasteiger partial charge in [-0.15, -0.1) is 6.42 Å². The second-order valence-electron chi connectivity index (χ2n) is 3.37. The van der Waals surface area contributed by atoms with Gasteiger partial charge in [-0.3, -0.25) is 0 Å². The minimum atomic E-state index is -3.59. The fourth-order valence-corrected chi connectivity index (χ4v) is 2.39. The monoisotopic (exact) mass is 254 g/mol. The molecule has 5 nitrogen and oxygen atoms in total. The Morgan fingerprint density at radius 1 is 1.53 bits per heavy atom. The summed E-state index contributed by atoms with van der Waals surface area (Å²) in [6, 6.07) is 4.28. The number of nitrogens with two attached hydrogens (primary N) is 1. The summed E-state index contributed by atoms with van der Waals surface area (Å²) >= 11 is 0. The third kappa shape index (κ3) is 2.70. The van der Waals surface area contributed by atoms with Crippen molar-refractivity contribution in [3.8, 4) is 18.1 Å². The highest BCUT2D eigenvalue weighted by atomic mass is 32.2. The van der Waals surface area contributed by atoms with Crippen molar-refractivity contribution in [3.05, 3.63) is 18.2 Å². The summed E-state index contributed by atoms with van der Waals surface area (Å²) in [6.45, 7) is 0.00820. The van der Waals surface area contributed by atoms with Gasteiger partial charge in [0.25, 0.3) is 0 Å². The second-order valence-corrected chi connectivity index (χ2v) is 5.41. The first-order valence-corrected chi connectivity index (χ1v) is 6.20. The van der Waals surface area contributed by atoms with Gasteiger partial charge in [0, 0.05) is 7.05 Å². The van der Waals surface area contributed by atoms with Gasteiger partial charge in [-0.05, 0) is 18.2 Å². The fraction of sp³-hybridized carbons (Fsp3) is 0.273. The maximum absolute atomic E-state index is 12.0. The van der Waals surface area contributed by atoms with Crippen LogP contribution in [-0.4, -0.2) is 33.4 Å². The number of rotatable bonds is 4. The van der Waals surface area contributed by atoms with Crippen molar-refractivity contribution >= 4 is 15.7 Å². The molecule has 6 heteroatoms. The van der Waals surface area contributed by atoms with Crippen molar-refractivity contribution in [1.29, 1.82) is 0 Å². The van der Waals surface area contributed by atoms with Crippen molar-refractivity contribution in [3.63, 3.8) is 0 Å². The highest BCUT2D eigenvalue weighted by Gasteiger charge is 2.20. The van der Waals surface area contributed by atoms with E-state index in [0.29, 0.717) is 5.75 Å². The van der Waals surface area contributed by atoms with Gasteiger partial charge in [0.05, 0.1) is 24.2 Å². The van der Waals surface area contributed by atoms with E-state index in [1.807, 2.05) is 0 Å². The van der Waals surface area contributed by atoms with Crippen molar-refractivity contribution < 1.29 is 13.2 Å². The normalized spacial score (nSPS) is 11.2. The van der Waals surface area contributed by atoms with Crippen LogP contribution in [0.1, 0.15) is 0 Å². The van der Waals surface area contributed by atoms with Crippen molar-refractivity contribution in [2.24, 2.45) is 0 Å². The molecule has 92 valence electrons. The van der Waals surface area contributed by atoms with Gasteiger partial charge >= 0.3 is 0 Å². The summed E-state index contributed by atoms with van der Waals surface area (Å²) < 4.78 is 30.0. The van der Waals surface area contributed by atoms with Gasteiger partial charge in [0.1, 0.15) is 5.75 Å². The molecule has 0 heterocycles. The van der Waals surface area contributed by atoms with Crippen LogP contribution in [0.15, 0.2) is 23.1 Å². The molecule has 17 heavy (non-hydrogen) atoms. The maximum atomic E-state index is 12.0. The topological polar surface area (TPSA) is 72.6 Å². The number of ether oxygens (including phenoxy) is 1. The maximum Gasteiger partial charge on any atom is 0.243 e. The van der Waals surface area contributed by atoms with Crippen LogP contribution in [0.2, 0.25) is 0 Å². The minimum Gasteiger partial charge on any atom is -0.495 e. The lowest BCUT2D eigenvalue weighted by molar-refractivity contribution is 0.416. The zero-order valence-corrected chi connectivity index (χ0v) is 10.5. The summed E-state index contributed by atoms with van der Waals surface area (Å²) in [7, 11) is -0.718. The Morgan fingerprint density at radius 2 is 2.18 bits per heavy atom. The molecule has 0 aliphatic carbocycles. The molecule has 0 unspecified atom stereocenters. The molecule has 2 N–H and O–H groups in total. The lowest BCUT2D eigenvalue weighted by Gasteiger charge is -2.15. The van der Waals surface area contributed by atoms with E-state index in [2.05, 4.69) is 5.92 Å². The van der Waals surface area contributed by atoms with Crippen LogP contribution in [-0.2, 0) is 10.0 Å². The number of nitrogen functional groups attached to an aromatic ring is 1. The van der Waals surface area contributed by atoms with Crippen LogP contribution in [0.5, 0.6) is 5.75 Å². The predicted molar refractivity (Wildman–Crippen MR) is 66.1 cm³/mol. The van der Waals surface area contributed by atoms with Crippen molar-refractivity contribution in [2.75, 3.05) is 26.4 Å². The predicted octanol–water partition coefficient (Wildman–Crippen LogP) is 0.531. The summed E-state index contributed by atoms with van der Waals surface area (Å²) in [4.78, 5) is 0.0913. The van der Waals surface area contributed by atoms with Crippen LogP contribution < -0.4 is 10.5 Å². The van der Waals surface area contributed by atoms with Gasteiger partial charge in [0.2, 0.25) is 10.0 Å². The Hall–Kier alpha value is -1.71. The summed E-state index contributed by atoms with van der Waals surface area (Å²) in [5.74, 6) is 2.71. The molecule has 0 fully saturated rings. The van der Waals surface area contributed by atoms with Gasteiger partial charge in [-0.1, -0.05) is 5.92 Å². The van der Waals surface area contributed by atoms with E-state index in [1.165, 1.54) is 32.4 Å². The van der Waals surface area contributed by atoms with E-state index in [-0.39, 0.29) is 17.1 Å². The molecular formula is C11H14N2O3S. The summed E-state index contributed by atoms with van der Waals surface area (Å²) in [5, 5.41) is 0. The third-order valence-electron chi connectivity index (χ3n) is 2.22. The van der Waals surface area contributed by atoms with Crippen LogP contribution in [0.25, 0.3) is 0 Å². The Balaban J connectivity index is 3.17. The molecule has 0 aliphatic rings. The lowest BCUT2D eigenvalue weighted by atomic mass is 10.3. The van der Waals surface area contributed by atoms with Crippen LogP contribution in [0.4, 0.5) is 5.69 Å². The fourth-order valence-electron chi connectivity index (χ4n) is 1.27. The highest BCUT2D eigenvalue weighted by molar-refractivity contribution is 7.89. The van der Waals surface area contributed by atoms with Crippen LogP contribution in [0, 0.1) is 12.3 Å². The Morgan fingerprint density at radius 3 is 2.65 bits per heavy atom. The van der Waals surface area contributed by atoms with Crippen LogP contribution >= 0.6 is 0 Å². The second kappa shape index (κ2) is 5.08. The van der Waals surface area contributed by atoms with Gasteiger partial charge < -0.3 is 10.5 Å². The van der Waals surface area contributed by atoms with E-state index < -0.39 is 10.0 Å². The molecule has 0 atom stereocenters.